The van der Waals surface area contributed by atoms with Gasteiger partial charge in [-0.3, -0.25) is 5.41 Å². The molecular weight excluding hydrogens is 327 g/mol. The van der Waals surface area contributed by atoms with E-state index in [1.54, 1.807) is 22.2 Å². The number of hydrogen-bond acceptors (Lipinski definition) is 3. The number of hydrogen-bond donors (Lipinski definition) is 2. The fourth-order valence-electron chi connectivity index (χ4n) is 1.71. The van der Waals surface area contributed by atoms with Crippen LogP contribution in [0.15, 0.2) is 29.3 Å². The maximum absolute atomic E-state index is 8.01. The first kappa shape index (κ1) is 16.1. The number of anilines is 1. The van der Waals surface area contributed by atoms with Crippen LogP contribution in [0.1, 0.15) is 18.7 Å². The predicted octanol–water partition coefficient (Wildman–Crippen LogP) is 4.37. The van der Waals surface area contributed by atoms with E-state index in [-0.39, 0.29) is 6.04 Å². The number of nitrogens with one attached hydrogen (secondary N) is 2. The minimum absolute atomic E-state index is 0.101. The van der Waals surface area contributed by atoms with Gasteiger partial charge in [-0.2, -0.15) is 0 Å². The van der Waals surface area contributed by atoms with Crippen molar-refractivity contribution in [3.05, 3.63) is 44.7 Å². The Morgan fingerprint density at radius 1 is 1.29 bits per heavy atom. The van der Waals surface area contributed by atoms with Gasteiger partial charge in [0, 0.05) is 16.6 Å². The molecule has 0 aliphatic rings. The zero-order chi connectivity index (χ0) is 15.6. The van der Waals surface area contributed by atoms with E-state index in [9.17, 15) is 0 Å². The third-order valence-corrected chi connectivity index (χ3v) is 4.24. The summed E-state index contributed by atoms with van der Waals surface area (Å²) >= 11 is 13.4. The topological polar surface area (TPSA) is 53.2 Å². The first-order valence-corrected chi connectivity index (χ1v) is 7.94. The summed E-state index contributed by atoms with van der Waals surface area (Å²) in [6.45, 7) is 5.94. The third-order valence-electron chi connectivity index (χ3n) is 2.54. The normalized spacial score (nSPS) is 12.0. The number of nitrogens with zero attached hydrogens (tertiary/aromatic N) is 2. The highest BCUT2D eigenvalue weighted by Gasteiger charge is 2.09. The molecule has 0 aliphatic heterocycles. The molecule has 2 N–H and O–H groups in total. The lowest BCUT2D eigenvalue weighted by molar-refractivity contribution is 0.825. The second kappa shape index (κ2) is 6.64. The summed E-state index contributed by atoms with van der Waals surface area (Å²) in [5, 5.41) is 12.2. The molecule has 0 unspecified atom stereocenters. The van der Waals surface area contributed by atoms with Crippen LogP contribution in [0.3, 0.4) is 0 Å². The Hall–Kier alpha value is -1.30. The summed E-state index contributed by atoms with van der Waals surface area (Å²) in [7, 11) is 0. The molecule has 21 heavy (non-hydrogen) atoms. The van der Waals surface area contributed by atoms with Crippen LogP contribution >= 0.6 is 34.7 Å². The Kier molecular flexibility index (Phi) is 5.08. The summed E-state index contributed by atoms with van der Waals surface area (Å²) in [5.41, 5.74) is 1.17. The van der Waals surface area contributed by atoms with Crippen LogP contribution in [0, 0.1) is 12.3 Å². The monoisotopic (exact) mass is 342 g/mol. The van der Waals surface area contributed by atoms with Gasteiger partial charge in [-0.25, -0.2) is 8.95 Å². The molecule has 7 heteroatoms. The van der Waals surface area contributed by atoms with Crippen molar-refractivity contribution in [2.45, 2.75) is 26.8 Å². The highest BCUT2D eigenvalue weighted by Crippen LogP contribution is 2.25. The van der Waals surface area contributed by atoms with Gasteiger partial charge >= 0.3 is 0 Å². The van der Waals surface area contributed by atoms with E-state index in [0.29, 0.717) is 21.5 Å². The molecule has 112 valence electrons. The van der Waals surface area contributed by atoms with Gasteiger partial charge in [-0.15, -0.1) is 0 Å². The molecule has 0 atom stereocenters. The van der Waals surface area contributed by atoms with E-state index in [4.69, 9.17) is 28.6 Å². The van der Waals surface area contributed by atoms with Crippen LogP contribution in [0.4, 0.5) is 5.69 Å². The SMILES string of the molecule is Cc1cc(=N)n(C(=NC(C)C)Nc2ccc(Cl)c(Cl)c2)s1. The Balaban J connectivity index is 2.40. The van der Waals surface area contributed by atoms with Crippen LogP contribution in [0.2, 0.25) is 10.0 Å². The van der Waals surface area contributed by atoms with Gasteiger partial charge in [0.2, 0.25) is 5.96 Å². The molecule has 1 aromatic heterocycles. The van der Waals surface area contributed by atoms with Gasteiger partial charge in [-0.1, -0.05) is 34.7 Å². The van der Waals surface area contributed by atoms with E-state index in [2.05, 4.69) is 10.3 Å². The summed E-state index contributed by atoms with van der Waals surface area (Å²) in [6, 6.07) is 7.20. The van der Waals surface area contributed by atoms with Crippen LogP contribution in [0.5, 0.6) is 0 Å². The molecule has 0 bridgehead atoms. The maximum atomic E-state index is 8.01. The number of aromatic nitrogens is 1. The Bertz CT molecular complexity index is 731. The van der Waals surface area contributed by atoms with Crippen LogP contribution in [-0.2, 0) is 0 Å². The lowest BCUT2D eigenvalue weighted by atomic mass is 10.3. The first-order chi connectivity index (χ1) is 9.86. The van der Waals surface area contributed by atoms with Gasteiger partial charge in [0.25, 0.3) is 0 Å². The van der Waals surface area contributed by atoms with Crippen molar-refractivity contribution in [3.63, 3.8) is 0 Å². The molecule has 2 aromatic rings. The average molecular weight is 343 g/mol. The van der Waals surface area contributed by atoms with Crippen molar-refractivity contribution in [2.24, 2.45) is 4.99 Å². The fourth-order valence-corrected chi connectivity index (χ4v) is 2.79. The molecule has 1 heterocycles. The molecule has 0 amide bonds. The van der Waals surface area contributed by atoms with Crippen LogP contribution in [-0.4, -0.2) is 16.0 Å². The molecule has 2 rings (SSSR count). The highest BCUT2D eigenvalue weighted by atomic mass is 35.5. The van der Waals surface area contributed by atoms with Crippen molar-refractivity contribution in [1.29, 1.82) is 5.41 Å². The Labute approximate surface area is 137 Å². The predicted molar refractivity (Wildman–Crippen MR) is 91.0 cm³/mol. The largest absolute Gasteiger partial charge is 0.325 e. The van der Waals surface area contributed by atoms with E-state index >= 15 is 0 Å². The van der Waals surface area contributed by atoms with Gasteiger partial charge in [-0.05, 0) is 45.0 Å². The maximum Gasteiger partial charge on any atom is 0.218 e. The van der Waals surface area contributed by atoms with Gasteiger partial charge in [0.1, 0.15) is 5.49 Å². The third kappa shape index (κ3) is 4.09. The zero-order valence-electron chi connectivity index (χ0n) is 11.9. The Morgan fingerprint density at radius 2 is 2.00 bits per heavy atom. The number of aryl methyl sites for hydroxylation is 1. The second-order valence-corrected chi connectivity index (χ2v) is 6.83. The quantitative estimate of drug-likeness (QED) is 0.617. The number of aliphatic imine (C=N–C) groups is 1. The fraction of sp³-hybridized carbons (Fsp3) is 0.286. The average Bonchev–Trinajstić information content (AvgIpc) is 2.72. The van der Waals surface area contributed by atoms with Crippen molar-refractivity contribution in [2.75, 3.05) is 5.32 Å². The summed E-state index contributed by atoms with van der Waals surface area (Å²) < 4.78 is 1.75. The summed E-state index contributed by atoms with van der Waals surface area (Å²) in [6.07, 6.45) is 0. The minimum Gasteiger partial charge on any atom is -0.325 e. The van der Waals surface area contributed by atoms with E-state index in [1.165, 1.54) is 11.5 Å². The number of rotatable bonds is 2. The van der Waals surface area contributed by atoms with Crippen molar-refractivity contribution < 1.29 is 0 Å². The van der Waals surface area contributed by atoms with Crippen molar-refractivity contribution >= 4 is 46.4 Å². The number of benzene rings is 1. The van der Waals surface area contributed by atoms with Gasteiger partial charge in [0.15, 0.2) is 0 Å². The molecule has 1 aromatic carbocycles. The first-order valence-electron chi connectivity index (χ1n) is 6.41. The van der Waals surface area contributed by atoms with Gasteiger partial charge < -0.3 is 5.32 Å². The minimum atomic E-state index is 0.101. The van der Waals surface area contributed by atoms with E-state index in [0.717, 1.165) is 10.6 Å². The highest BCUT2D eigenvalue weighted by molar-refractivity contribution is 7.07. The summed E-state index contributed by atoms with van der Waals surface area (Å²) in [4.78, 5) is 5.60. The Morgan fingerprint density at radius 3 is 2.52 bits per heavy atom. The molecule has 4 nitrogen and oxygen atoms in total. The van der Waals surface area contributed by atoms with Gasteiger partial charge in [0.05, 0.1) is 10.0 Å². The summed E-state index contributed by atoms with van der Waals surface area (Å²) in [5.74, 6) is 0.603. The molecule has 0 saturated heterocycles. The zero-order valence-corrected chi connectivity index (χ0v) is 14.3. The molecule has 0 aliphatic carbocycles. The van der Waals surface area contributed by atoms with E-state index < -0.39 is 0 Å². The van der Waals surface area contributed by atoms with E-state index in [1.807, 2.05) is 26.8 Å². The molecule has 0 saturated carbocycles. The van der Waals surface area contributed by atoms with Crippen molar-refractivity contribution in [3.8, 4) is 0 Å². The lowest BCUT2D eigenvalue weighted by Crippen LogP contribution is -2.29. The standard InChI is InChI=1S/C14H16Cl2N4S/c1-8(2)18-14(20-13(17)6-9(3)21-20)19-10-4-5-11(15)12(16)7-10/h4-8,17H,1-3H3,(H,18,19). The molecule has 0 radical (unpaired) electrons. The molecule has 0 spiro atoms. The van der Waals surface area contributed by atoms with Crippen LogP contribution < -0.4 is 10.8 Å². The number of halogens is 2. The molecule has 0 fully saturated rings. The van der Waals surface area contributed by atoms with Crippen molar-refractivity contribution in [1.82, 2.24) is 3.96 Å². The second-order valence-electron chi connectivity index (χ2n) is 4.83. The lowest BCUT2D eigenvalue weighted by Gasteiger charge is -2.12. The van der Waals surface area contributed by atoms with Crippen LogP contribution in [0.25, 0.3) is 0 Å². The smallest absolute Gasteiger partial charge is 0.218 e. The molecular formula is C14H16Cl2N4S.